The Morgan fingerprint density at radius 3 is 2.81 bits per heavy atom. The Morgan fingerprint density at radius 1 is 1.50 bits per heavy atom. The second-order valence-electron chi connectivity index (χ2n) is 5.60. The molecule has 1 rings (SSSR count). The number of carbonyl (C=O) groups is 1. The molecule has 0 spiro atoms. The van der Waals surface area contributed by atoms with E-state index in [4.69, 9.17) is 0 Å². The van der Waals surface area contributed by atoms with E-state index in [1.165, 1.54) is 12.8 Å². The maximum absolute atomic E-state index is 11.9. The third kappa shape index (κ3) is 4.97. The number of hydrogen-bond donors (Lipinski definition) is 2. The van der Waals surface area contributed by atoms with Gasteiger partial charge in [-0.3, -0.25) is 4.79 Å². The molecule has 0 aromatic carbocycles. The van der Waals surface area contributed by atoms with Crippen LogP contribution in [0.15, 0.2) is 0 Å². The lowest BCUT2D eigenvalue weighted by atomic mass is 9.94. The predicted molar refractivity (Wildman–Crippen MR) is 67.3 cm³/mol. The smallest absolute Gasteiger partial charge is 0.220 e. The maximum Gasteiger partial charge on any atom is 0.220 e. The average Bonchev–Trinajstić information content (AvgIpc) is 2.17. The molecule has 1 saturated heterocycles. The number of hydrogen-bond acceptors (Lipinski definition) is 2. The van der Waals surface area contributed by atoms with Crippen LogP contribution in [0, 0.1) is 5.92 Å². The van der Waals surface area contributed by atoms with Crippen molar-refractivity contribution in [2.24, 2.45) is 5.92 Å². The zero-order chi connectivity index (χ0) is 12.0. The fraction of sp³-hybridized carbons (Fsp3) is 0.923. The maximum atomic E-state index is 11.9. The van der Waals surface area contributed by atoms with Crippen molar-refractivity contribution in [1.29, 1.82) is 0 Å². The summed E-state index contributed by atoms with van der Waals surface area (Å²) in [6.45, 7) is 8.47. The Morgan fingerprint density at radius 2 is 2.25 bits per heavy atom. The molecule has 0 aromatic rings. The van der Waals surface area contributed by atoms with E-state index in [2.05, 4.69) is 31.4 Å². The van der Waals surface area contributed by atoms with Crippen LogP contribution in [0.3, 0.4) is 0 Å². The Hall–Kier alpha value is -0.570. The first kappa shape index (κ1) is 13.5. The van der Waals surface area contributed by atoms with Crippen LogP contribution < -0.4 is 10.6 Å². The van der Waals surface area contributed by atoms with Crippen LogP contribution in [0.25, 0.3) is 0 Å². The molecule has 1 fully saturated rings. The Labute approximate surface area is 99.4 Å². The van der Waals surface area contributed by atoms with Crippen LogP contribution in [0.4, 0.5) is 0 Å². The standard InChI is InChI=1S/C13H26N2O/c1-4-7-13(2,3)15-12(16)9-11-6-5-8-14-10-11/h11,14H,4-10H2,1-3H3,(H,15,16). The predicted octanol–water partition coefficient (Wildman–Crippen LogP) is 2.07. The van der Waals surface area contributed by atoms with Crippen LogP contribution >= 0.6 is 0 Å². The molecule has 3 nitrogen and oxygen atoms in total. The molecule has 0 aliphatic carbocycles. The van der Waals surface area contributed by atoms with Gasteiger partial charge < -0.3 is 10.6 Å². The van der Waals surface area contributed by atoms with Gasteiger partial charge in [0, 0.05) is 12.0 Å². The van der Waals surface area contributed by atoms with E-state index in [1.54, 1.807) is 0 Å². The fourth-order valence-electron chi connectivity index (χ4n) is 2.48. The lowest BCUT2D eigenvalue weighted by molar-refractivity contribution is -0.123. The number of carbonyl (C=O) groups excluding carboxylic acids is 1. The summed E-state index contributed by atoms with van der Waals surface area (Å²) in [4.78, 5) is 11.9. The van der Waals surface area contributed by atoms with Crippen LogP contribution in [0.1, 0.15) is 52.9 Å². The minimum Gasteiger partial charge on any atom is -0.351 e. The largest absolute Gasteiger partial charge is 0.351 e. The molecular formula is C13H26N2O. The second kappa shape index (κ2) is 6.24. The fourth-order valence-corrected chi connectivity index (χ4v) is 2.48. The summed E-state index contributed by atoms with van der Waals surface area (Å²) in [5.41, 5.74) is -0.0477. The summed E-state index contributed by atoms with van der Waals surface area (Å²) in [7, 11) is 0. The quantitative estimate of drug-likeness (QED) is 0.753. The topological polar surface area (TPSA) is 41.1 Å². The summed E-state index contributed by atoms with van der Waals surface area (Å²) in [6.07, 6.45) is 5.23. The van der Waals surface area contributed by atoms with Gasteiger partial charge in [0.2, 0.25) is 5.91 Å². The number of amides is 1. The molecule has 94 valence electrons. The molecule has 0 saturated carbocycles. The van der Waals surface area contributed by atoms with Gasteiger partial charge in [-0.2, -0.15) is 0 Å². The monoisotopic (exact) mass is 226 g/mol. The van der Waals surface area contributed by atoms with Crippen molar-refractivity contribution in [2.75, 3.05) is 13.1 Å². The van der Waals surface area contributed by atoms with Gasteiger partial charge in [-0.25, -0.2) is 0 Å². The van der Waals surface area contributed by atoms with Crippen molar-refractivity contribution < 1.29 is 4.79 Å². The summed E-state index contributed by atoms with van der Waals surface area (Å²) in [5, 5.41) is 6.49. The molecule has 1 heterocycles. The molecule has 16 heavy (non-hydrogen) atoms. The Kier molecular flexibility index (Phi) is 5.26. The zero-order valence-electron chi connectivity index (χ0n) is 10.9. The first-order chi connectivity index (χ1) is 7.53. The first-order valence-corrected chi connectivity index (χ1v) is 6.55. The summed E-state index contributed by atoms with van der Waals surface area (Å²) in [5.74, 6) is 0.748. The van der Waals surface area contributed by atoms with Gasteiger partial charge in [0.1, 0.15) is 0 Å². The molecule has 1 aliphatic rings. The highest BCUT2D eigenvalue weighted by Crippen LogP contribution is 2.16. The van der Waals surface area contributed by atoms with Crippen LogP contribution in [-0.2, 0) is 4.79 Å². The SMILES string of the molecule is CCCC(C)(C)NC(=O)CC1CCCNC1. The van der Waals surface area contributed by atoms with E-state index in [0.717, 1.165) is 25.9 Å². The van der Waals surface area contributed by atoms with Crippen molar-refractivity contribution in [2.45, 2.75) is 58.4 Å². The number of nitrogens with one attached hydrogen (secondary N) is 2. The molecule has 3 heteroatoms. The van der Waals surface area contributed by atoms with Gasteiger partial charge in [-0.15, -0.1) is 0 Å². The number of rotatable bonds is 5. The molecule has 2 N–H and O–H groups in total. The van der Waals surface area contributed by atoms with Crippen molar-refractivity contribution in [3.05, 3.63) is 0 Å². The third-order valence-corrected chi connectivity index (χ3v) is 3.23. The molecule has 1 amide bonds. The van der Waals surface area contributed by atoms with Crippen LogP contribution in [0.5, 0.6) is 0 Å². The molecule has 1 atom stereocenters. The lowest BCUT2D eigenvalue weighted by Gasteiger charge is -2.28. The van der Waals surface area contributed by atoms with E-state index in [0.29, 0.717) is 12.3 Å². The minimum absolute atomic E-state index is 0.0477. The highest BCUT2D eigenvalue weighted by Gasteiger charge is 2.22. The summed E-state index contributed by atoms with van der Waals surface area (Å²) >= 11 is 0. The van der Waals surface area contributed by atoms with Crippen molar-refractivity contribution in [1.82, 2.24) is 10.6 Å². The zero-order valence-corrected chi connectivity index (χ0v) is 10.9. The summed E-state index contributed by atoms with van der Waals surface area (Å²) < 4.78 is 0. The Bertz CT molecular complexity index is 220. The normalized spacial score (nSPS) is 21.8. The lowest BCUT2D eigenvalue weighted by Crippen LogP contribution is -2.44. The molecule has 1 aliphatic heterocycles. The van der Waals surface area contributed by atoms with Crippen LogP contribution in [-0.4, -0.2) is 24.5 Å². The van der Waals surface area contributed by atoms with Gasteiger partial charge in [0.15, 0.2) is 0 Å². The molecule has 0 bridgehead atoms. The number of piperidine rings is 1. The molecular weight excluding hydrogens is 200 g/mol. The second-order valence-corrected chi connectivity index (χ2v) is 5.60. The van der Waals surface area contributed by atoms with Gasteiger partial charge in [-0.1, -0.05) is 13.3 Å². The first-order valence-electron chi connectivity index (χ1n) is 6.55. The minimum atomic E-state index is -0.0477. The van der Waals surface area contributed by atoms with E-state index in [9.17, 15) is 4.79 Å². The van der Waals surface area contributed by atoms with Crippen molar-refractivity contribution in [3.63, 3.8) is 0 Å². The van der Waals surface area contributed by atoms with Gasteiger partial charge in [0.25, 0.3) is 0 Å². The highest BCUT2D eigenvalue weighted by atomic mass is 16.1. The van der Waals surface area contributed by atoms with Crippen molar-refractivity contribution in [3.8, 4) is 0 Å². The Balaban J connectivity index is 2.28. The van der Waals surface area contributed by atoms with Crippen molar-refractivity contribution >= 4 is 5.91 Å². The molecule has 1 unspecified atom stereocenters. The molecule has 0 aromatic heterocycles. The van der Waals surface area contributed by atoms with E-state index in [1.807, 2.05) is 0 Å². The summed E-state index contributed by atoms with van der Waals surface area (Å²) in [6, 6.07) is 0. The third-order valence-electron chi connectivity index (χ3n) is 3.23. The van der Waals surface area contributed by atoms with E-state index >= 15 is 0 Å². The van der Waals surface area contributed by atoms with E-state index < -0.39 is 0 Å². The van der Waals surface area contributed by atoms with Gasteiger partial charge in [-0.05, 0) is 52.1 Å². The molecule has 0 radical (unpaired) electrons. The van der Waals surface area contributed by atoms with E-state index in [-0.39, 0.29) is 11.4 Å². The van der Waals surface area contributed by atoms with Gasteiger partial charge in [0.05, 0.1) is 0 Å². The van der Waals surface area contributed by atoms with Gasteiger partial charge >= 0.3 is 0 Å². The van der Waals surface area contributed by atoms with Crippen LogP contribution in [0.2, 0.25) is 0 Å². The average molecular weight is 226 g/mol. The highest BCUT2D eigenvalue weighted by molar-refractivity contribution is 5.77.